The monoisotopic (exact) mass is 345 g/mol. The number of alkyl carbamates (subject to hydrolysis) is 1. The number of amides is 1. The fourth-order valence-corrected chi connectivity index (χ4v) is 2.21. The summed E-state index contributed by atoms with van der Waals surface area (Å²) in [5.41, 5.74) is 8.02. The number of aryl methyl sites for hydroxylation is 1. The SMILES string of the molecule is Cc1nc(C(O)C(O)CCNC(=O)OCc2ccccc2)ccc1N. The first-order valence-electron chi connectivity index (χ1n) is 8.01. The summed E-state index contributed by atoms with van der Waals surface area (Å²) in [4.78, 5) is 15.8. The molecule has 1 amide bonds. The second-order valence-corrected chi connectivity index (χ2v) is 5.70. The van der Waals surface area contributed by atoms with E-state index in [-0.39, 0.29) is 19.6 Å². The maximum absolute atomic E-state index is 11.6. The summed E-state index contributed by atoms with van der Waals surface area (Å²) in [5, 5.41) is 22.7. The van der Waals surface area contributed by atoms with E-state index in [2.05, 4.69) is 10.3 Å². The van der Waals surface area contributed by atoms with Gasteiger partial charge in [0.25, 0.3) is 0 Å². The third-order valence-electron chi connectivity index (χ3n) is 3.74. The standard InChI is InChI=1S/C18H23N3O4/c1-12-14(19)7-8-15(21-12)17(23)16(22)9-10-20-18(24)25-11-13-5-3-2-4-6-13/h2-8,16-17,22-23H,9-11,19H2,1H3,(H,20,24). The number of hydrogen-bond donors (Lipinski definition) is 4. The van der Waals surface area contributed by atoms with Crippen LogP contribution in [0.5, 0.6) is 0 Å². The van der Waals surface area contributed by atoms with Crippen LogP contribution >= 0.6 is 0 Å². The van der Waals surface area contributed by atoms with Crippen LogP contribution in [-0.4, -0.2) is 33.9 Å². The van der Waals surface area contributed by atoms with Gasteiger partial charge in [-0.3, -0.25) is 4.98 Å². The summed E-state index contributed by atoms with van der Waals surface area (Å²) in [6, 6.07) is 12.5. The molecule has 0 aliphatic heterocycles. The quantitative estimate of drug-likeness (QED) is 0.606. The zero-order valence-electron chi connectivity index (χ0n) is 14.1. The number of benzene rings is 1. The summed E-state index contributed by atoms with van der Waals surface area (Å²) < 4.78 is 5.06. The maximum Gasteiger partial charge on any atom is 0.407 e. The van der Waals surface area contributed by atoms with Crippen molar-refractivity contribution in [2.24, 2.45) is 0 Å². The molecule has 0 aliphatic rings. The van der Waals surface area contributed by atoms with Crippen LogP contribution in [0.2, 0.25) is 0 Å². The van der Waals surface area contributed by atoms with Gasteiger partial charge >= 0.3 is 6.09 Å². The van der Waals surface area contributed by atoms with Gasteiger partial charge in [0.1, 0.15) is 12.7 Å². The van der Waals surface area contributed by atoms with Gasteiger partial charge in [-0.1, -0.05) is 30.3 Å². The van der Waals surface area contributed by atoms with Gasteiger partial charge in [0.2, 0.25) is 0 Å². The van der Waals surface area contributed by atoms with Crippen molar-refractivity contribution in [1.82, 2.24) is 10.3 Å². The van der Waals surface area contributed by atoms with Crippen molar-refractivity contribution in [3.05, 3.63) is 59.4 Å². The van der Waals surface area contributed by atoms with Crippen molar-refractivity contribution in [2.75, 3.05) is 12.3 Å². The zero-order chi connectivity index (χ0) is 18.2. The number of pyridine rings is 1. The number of nitrogens with one attached hydrogen (secondary N) is 1. The van der Waals surface area contributed by atoms with Crippen LogP contribution in [-0.2, 0) is 11.3 Å². The van der Waals surface area contributed by atoms with Crippen LogP contribution in [0.25, 0.3) is 0 Å². The topological polar surface area (TPSA) is 118 Å². The van der Waals surface area contributed by atoms with E-state index in [0.29, 0.717) is 17.1 Å². The van der Waals surface area contributed by atoms with Gasteiger partial charge in [-0.15, -0.1) is 0 Å². The number of carbonyl (C=O) groups excluding carboxylic acids is 1. The second-order valence-electron chi connectivity index (χ2n) is 5.70. The average Bonchev–Trinajstić information content (AvgIpc) is 2.62. The van der Waals surface area contributed by atoms with Gasteiger partial charge in [0.05, 0.1) is 23.2 Å². The number of aromatic nitrogens is 1. The van der Waals surface area contributed by atoms with E-state index in [4.69, 9.17) is 10.5 Å². The lowest BCUT2D eigenvalue weighted by molar-refractivity contribution is 0.0111. The van der Waals surface area contributed by atoms with Crippen LogP contribution in [0, 0.1) is 6.92 Å². The Hall–Kier alpha value is -2.64. The molecule has 2 rings (SSSR count). The first-order valence-corrected chi connectivity index (χ1v) is 8.01. The van der Waals surface area contributed by atoms with Crippen LogP contribution in [0.1, 0.15) is 29.5 Å². The number of anilines is 1. The molecule has 1 heterocycles. The Balaban J connectivity index is 1.72. The minimum Gasteiger partial charge on any atom is -0.445 e. The molecule has 0 radical (unpaired) electrons. The first-order chi connectivity index (χ1) is 12.0. The highest BCUT2D eigenvalue weighted by Crippen LogP contribution is 2.19. The minimum absolute atomic E-state index is 0.159. The lowest BCUT2D eigenvalue weighted by Gasteiger charge is -2.18. The summed E-state index contributed by atoms with van der Waals surface area (Å²) in [6.07, 6.45) is -2.63. The van der Waals surface area contributed by atoms with E-state index >= 15 is 0 Å². The summed E-state index contributed by atoms with van der Waals surface area (Å²) in [6.45, 7) is 2.06. The number of aliphatic hydroxyl groups excluding tert-OH is 2. The minimum atomic E-state index is -1.15. The van der Waals surface area contributed by atoms with E-state index in [0.717, 1.165) is 5.56 Å². The molecule has 0 bridgehead atoms. The van der Waals surface area contributed by atoms with Crippen LogP contribution in [0.15, 0.2) is 42.5 Å². The van der Waals surface area contributed by atoms with Crippen LogP contribution in [0.4, 0.5) is 10.5 Å². The Morgan fingerprint density at radius 3 is 2.64 bits per heavy atom. The molecule has 0 fully saturated rings. The van der Waals surface area contributed by atoms with Crippen molar-refractivity contribution in [3.8, 4) is 0 Å². The van der Waals surface area contributed by atoms with Gasteiger partial charge in [-0.2, -0.15) is 0 Å². The normalized spacial score (nSPS) is 13.1. The van der Waals surface area contributed by atoms with Crippen molar-refractivity contribution in [3.63, 3.8) is 0 Å². The Kier molecular flexibility index (Phi) is 6.73. The molecule has 7 nitrogen and oxygen atoms in total. The van der Waals surface area contributed by atoms with Gasteiger partial charge in [0.15, 0.2) is 0 Å². The highest BCUT2D eigenvalue weighted by atomic mass is 16.5. The Labute approximate surface area is 146 Å². The number of ether oxygens (including phenoxy) is 1. The van der Waals surface area contributed by atoms with Gasteiger partial charge in [-0.25, -0.2) is 4.79 Å². The maximum atomic E-state index is 11.6. The fourth-order valence-electron chi connectivity index (χ4n) is 2.21. The molecule has 2 aromatic rings. The molecule has 7 heteroatoms. The summed E-state index contributed by atoms with van der Waals surface area (Å²) in [5.74, 6) is 0. The van der Waals surface area contributed by atoms with E-state index < -0.39 is 18.3 Å². The predicted molar refractivity (Wildman–Crippen MR) is 93.6 cm³/mol. The number of aliphatic hydroxyl groups is 2. The Bertz CT molecular complexity index is 694. The largest absolute Gasteiger partial charge is 0.445 e. The lowest BCUT2D eigenvalue weighted by Crippen LogP contribution is -2.30. The van der Waals surface area contributed by atoms with E-state index in [9.17, 15) is 15.0 Å². The number of carbonyl (C=O) groups is 1. The van der Waals surface area contributed by atoms with Gasteiger partial charge in [-0.05, 0) is 31.0 Å². The Morgan fingerprint density at radius 1 is 1.24 bits per heavy atom. The van der Waals surface area contributed by atoms with E-state index in [1.54, 1.807) is 19.1 Å². The fraction of sp³-hybridized carbons (Fsp3) is 0.333. The van der Waals surface area contributed by atoms with Crippen LogP contribution in [0.3, 0.4) is 0 Å². The number of nitrogens with two attached hydrogens (primary N) is 1. The molecule has 2 atom stereocenters. The smallest absolute Gasteiger partial charge is 0.407 e. The molecule has 25 heavy (non-hydrogen) atoms. The Morgan fingerprint density at radius 2 is 1.96 bits per heavy atom. The number of nitrogens with zero attached hydrogens (tertiary/aromatic N) is 1. The van der Waals surface area contributed by atoms with E-state index in [1.807, 2.05) is 30.3 Å². The highest BCUT2D eigenvalue weighted by molar-refractivity contribution is 5.67. The molecule has 134 valence electrons. The lowest BCUT2D eigenvalue weighted by atomic mass is 10.1. The molecule has 1 aromatic carbocycles. The number of nitrogen functional groups attached to an aromatic ring is 1. The molecular weight excluding hydrogens is 322 g/mol. The first kappa shape index (κ1) is 18.7. The van der Waals surface area contributed by atoms with Crippen molar-refractivity contribution in [2.45, 2.75) is 32.2 Å². The highest BCUT2D eigenvalue weighted by Gasteiger charge is 2.20. The van der Waals surface area contributed by atoms with Crippen molar-refractivity contribution < 1.29 is 19.7 Å². The number of hydrogen-bond acceptors (Lipinski definition) is 6. The second kappa shape index (κ2) is 9.00. The molecule has 2 unspecified atom stereocenters. The predicted octanol–water partition coefficient (Wildman–Crippen LogP) is 1.68. The molecule has 0 spiro atoms. The third kappa shape index (κ3) is 5.74. The van der Waals surface area contributed by atoms with Crippen molar-refractivity contribution >= 4 is 11.8 Å². The third-order valence-corrected chi connectivity index (χ3v) is 3.74. The van der Waals surface area contributed by atoms with Crippen LogP contribution < -0.4 is 11.1 Å². The number of rotatable bonds is 7. The van der Waals surface area contributed by atoms with Gasteiger partial charge < -0.3 is 26.0 Å². The zero-order valence-corrected chi connectivity index (χ0v) is 14.1. The molecule has 5 N–H and O–H groups in total. The molecule has 1 aromatic heterocycles. The molecular formula is C18H23N3O4. The molecule has 0 aliphatic carbocycles. The summed E-state index contributed by atoms with van der Waals surface area (Å²) in [7, 11) is 0. The van der Waals surface area contributed by atoms with E-state index in [1.165, 1.54) is 0 Å². The van der Waals surface area contributed by atoms with Crippen molar-refractivity contribution in [1.29, 1.82) is 0 Å². The molecule has 0 saturated heterocycles. The average molecular weight is 345 g/mol. The molecule has 0 saturated carbocycles. The van der Waals surface area contributed by atoms with Gasteiger partial charge in [0, 0.05) is 6.54 Å². The summed E-state index contributed by atoms with van der Waals surface area (Å²) >= 11 is 0.